The molecule has 0 spiro atoms. The first-order chi connectivity index (χ1) is 12.5. The molecule has 28 heavy (non-hydrogen) atoms. The van der Waals surface area contributed by atoms with E-state index in [4.69, 9.17) is 20.3 Å². The first kappa shape index (κ1) is 23.8. The molecule has 1 aliphatic heterocycles. The number of aliphatic hydroxyl groups excluding tert-OH is 2. The molecule has 0 aliphatic carbocycles. The second-order valence-corrected chi connectivity index (χ2v) is 8.30. The van der Waals surface area contributed by atoms with E-state index in [1.165, 1.54) is 10.9 Å². The Morgan fingerprint density at radius 3 is 2.50 bits per heavy atom. The average Bonchev–Trinajstić information content (AvgIpc) is 3.07. The molecule has 1 saturated heterocycles. The summed E-state index contributed by atoms with van der Waals surface area (Å²) in [6.45, 7) is -0.813. The Balaban J connectivity index is 0.00000280. The number of anilines is 1. The van der Waals surface area contributed by atoms with E-state index < -0.39 is 46.8 Å². The fourth-order valence-electron chi connectivity index (χ4n) is 2.48. The van der Waals surface area contributed by atoms with Gasteiger partial charge in [-0.2, -0.15) is 4.31 Å². The van der Waals surface area contributed by atoms with E-state index in [-0.39, 0.29) is 46.5 Å². The molecule has 0 radical (unpaired) electrons. The number of nitrogen functional groups attached to an aromatic ring is 1. The van der Waals surface area contributed by atoms with Gasteiger partial charge in [0.05, 0.1) is 12.9 Å². The first-order valence-electron chi connectivity index (χ1n) is 7.17. The SMILES string of the molecule is Nc1ncnc2c1ncn2[C@@H]1O[C@H](COP(=O)(O)OP(=O)(O)O)C(O)C1O.[NaH]. The van der Waals surface area contributed by atoms with Gasteiger partial charge in [0.25, 0.3) is 0 Å². The molecule has 1 fully saturated rings. The summed E-state index contributed by atoms with van der Waals surface area (Å²) in [5.41, 5.74) is 6.11. The summed E-state index contributed by atoms with van der Waals surface area (Å²) in [4.78, 5) is 38.1. The summed E-state index contributed by atoms with van der Waals surface area (Å²) in [5, 5.41) is 20.3. The zero-order valence-corrected chi connectivity index (χ0v) is 15.0. The second-order valence-electron chi connectivity index (χ2n) is 5.47. The van der Waals surface area contributed by atoms with Crippen molar-refractivity contribution in [1.82, 2.24) is 19.5 Å². The van der Waals surface area contributed by atoms with Crippen LogP contribution in [0.4, 0.5) is 5.82 Å². The predicted molar refractivity (Wildman–Crippen MR) is 91.7 cm³/mol. The monoisotopic (exact) mass is 451 g/mol. The third-order valence-electron chi connectivity index (χ3n) is 3.61. The van der Waals surface area contributed by atoms with Crippen LogP contribution in [0.3, 0.4) is 0 Å². The number of aliphatic hydroxyl groups is 2. The number of ether oxygens (including phenoxy) is 1. The molecular formula is C10H16N5NaO10P2. The average molecular weight is 451 g/mol. The minimum atomic E-state index is -5.29. The molecule has 2 aromatic rings. The first-order valence-corrected chi connectivity index (χ1v) is 10.2. The Labute approximate surface area is 178 Å². The van der Waals surface area contributed by atoms with Crippen molar-refractivity contribution in [3.63, 3.8) is 0 Å². The van der Waals surface area contributed by atoms with E-state index in [9.17, 15) is 24.2 Å². The summed E-state index contributed by atoms with van der Waals surface area (Å²) in [7, 11) is -10.4. The standard InChI is InChI=1S/C10H15N5O10P2.Na.H/c11-8-5-9(13-2-12-8)15(3-14-5)10-7(17)6(16)4(24-10)1-23-27(21,22)25-26(18,19)20;;/h2-4,6-7,10,16-17H,1H2,(H,21,22)(H2,11,12,13)(H2,18,19,20);;/t4-,6?,7?,10-;;/m1../s1. The molecule has 0 saturated carbocycles. The van der Waals surface area contributed by atoms with Crippen LogP contribution in [0, 0.1) is 0 Å². The Morgan fingerprint density at radius 2 is 1.86 bits per heavy atom. The van der Waals surface area contributed by atoms with Crippen LogP contribution in [0.1, 0.15) is 6.23 Å². The molecule has 15 nitrogen and oxygen atoms in total. The van der Waals surface area contributed by atoms with Crippen molar-refractivity contribution < 1.29 is 47.6 Å². The molecule has 5 atom stereocenters. The van der Waals surface area contributed by atoms with E-state index in [1.54, 1.807) is 0 Å². The summed E-state index contributed by atoms with van der Waals surface area (Å²) in [6.07, 6.45) is -3.20. The number of rotatable bonds is 6. The van der Waals surface area contributed by atoms with E-state index in [0.29, 0.717) is 0 Å². The molecule has 152 valence electrons. The number of imidazole rings is 1. The fourth-order valence-corrected chi connectivity index (χ4v) is 4.08. The van der Waals surface area contributed by atoms with Crippen molar-refractivity contribution in [2.75, 3.05) is 12.3 Å². The van der Waals surface area contributed by atoms with Gasteiger partial charge in [0.1, 0.15) is 30.2 Å². The van der Waals surface area contributed by atoms with Crippen LogP contribution in [0.5, 0.6) is 0 Å². The number of aromatic nitrogens is 4. The molecular weight excluding hydrogens is 435 g/mol. The van der Waals surface area contributed by atoms with Crippen molar-refractivity contribution >= 4 is 62.2 Å². The van der Waals surface area contributed by atoms with Crippen molar-refractivity contribution in [1.29, 1.82) is 0 Å². The van der Waals surface area contributed by atoms with Gasteiger partial charge in [0.15, 0.2) is 17.7 Å². The van der Waals surface area contributed by atoms with Crippen LogP contribution in [-0.2, 0) is 22.7 Å². The van der Waals surface area contributed by atoms with Crippen LogP contribution < -0.4 is 5.73 Å². The number of hydrogen-bond donors (Lipinski definition) is 6. The molecule has 3 heterocycles. The summed E-state index contributed by atoms with van der Waals surface area (Å²) >= 11 is 0. The molecule has 3 unspecified atom stereocenters. The van der Waals surface area contributed by atoms with Crippen molar-refractivity contribution in [3.05, 3.63) is 12.7 Å². The fraction of sp³-hybridized carbons (Fsp3) is 0.500. The van der Waals surface area contributed by atoms with E-state index in [2.05, 4.69) is 23.8 Å². The number of nitrogens with two attached hydrogens (primary N) is 1. The molecule has 0 bridgehead atoms. The molecule has 1 aliphatic rings. The molecule has 3 rings (SSSR count). The van der Waals surface area contributed by atoms with Gasteiger partial charge in [-0.25, -0.2) is 24.1 Å². The third kappa shape index (κ3) is 5.15. The van der Waals surface area contributed by atoms with Crippen LogP contribution >= 0.6 is 15.6 Å². The molecule has 2 aromatic heterocycles. The predicted octanol–water partition coefficient (Wildman–Crippen LogP) is -2.39. The van der Waals surface area contributed by atoms with Crippen LogP contribution in [0.2, 0.25) is 0 Å². The Kier molecular flexibility index (Phi) is 7.38. The van der Waals surface area contributed by atoms with E-state index >= 15 is 0 Å². The number of fused-ring (bicyclic) bond motifs is 1. The Bertz CT molecular complexity index is 938. The van der Waals surface area contributed by atoms with Gasteiger partial charge in [-0.3, -0.25) is 9.09 Å². The van der Waals surface area contributed by atoms with Gasteiger partial charge < -0.3 is 35.4 Å². The second kappa shape index (κ2) is 8.70. The van der Waals surface area contributed by atoms with Gasteiger partial charge in [0, 0.05) is 0 Å². The molecule has 0 amide bonds. The van der Waals surface area contributed by atoms with Crippen LogP contribution in [-0.4, -0.2) is 98.9 Å². The normalized spacial score (nSPS) is 27.5. The van der Waals surface area contributed by atoms with Gasteiger partial charge in [-0.1, -0.05) is 0 Å². The van der Waals surface area contributed by atoms with Gasteiger partial charge in [-0.05, 0) is 0 Å². The Hall–Kier alpha value is -0.510. The van der Waals surface area contributed by atoms with E-state index in [0.717, 1.165) is 6.33 Å². The van der Waals surface area contributed by atoms with Crippen molar-refractivity contribution in [2.24, 2.45) is 0 Å². The van der Waals surface area contributed by atoms with Crippen molar-refractivity contribution in [3.8, 4) is 0 Å². The summed E-state index contributed by atoms with van der Waals surface area (Å²) in [6, 6.07) is 0. The van der Waals surface area contributed by atoms with Gasteiger partial charge >= 0.3 is 45.2 Å². The van der Waals surface area contributed by atoms with Gasteiger partial charge in [-0.15, -0.1) is 0 Å². The quantitative estimate of drug-likeness (QED) is 0.199. The number of hydrogen-bond acceptors (Lipinski definition) is 11. The minimum absolute atomic E-state index is 0. The van der Waals surface area contributed by atoms with E-state index in [1.807, 2.05) is 0 Å². The molecule has 0 aromatic carbocycles. The van der Waals surface area contributed by atoms with Crippen molar-refractivity contribution in [2.45, 2.75) is 24.5 Å². The number of phosphoric acid groups is 2. The van der Waals surface area contributed by atoms with Crippen LogP contribution in [0.25, 0.3) is 11.2 Å². The summed E-state index contributed by atoms with van der Waals surface area (Å²) in [5.74, 6) is 0.0856. The molecule has 18 heteroatoms. The maximum absolute atomic E-state index is 11.5. The molecule has 7 N–H and O–H groups in total. The van der Waals surface area contributed by atoms with Gasteiger partial charge in [0.2, 0.25) is 0 Å². The Morgan fingerprint density at radius 1 is 1.18 bits per heavy atom. The zero-order chi connectivity index (χ0) is 20.0. The number of nitrogens with zero attached hydrogens (tertiary/aromatic N) is 4. The number of phosphoric ester groups is 1. The zero-order valence-electron chi connectivity index (χ0n) is 13.2. The maximum atomic E-state index is 11.5. The third-order valence-corrected chi connectivity index (χ3v) is 5.76. The van der Waals surface area contributed by atoms with Crippen LogP contribution in [0.15, 0.2) is 12.7 Å². The topological polar surface area (TPSA) is 233 Å². The summed E-state index contributed by atoms with van der Waals surface area (Å²) < 4.78 is 36.8.